The predicted octanol–water partition coefficient (Wildman–Crippen LogP) is 2.11. The molecule has 1 rings (SSSR count). The molecule has 1 saturated carbocycles. The molecule has 1 atom stereocenters. The third-order valence-electron chi connectivity index (χ3n) is 3.82. The van der Waals surface area contributed by atoms with Crippen LogP contribution in [0.3, 0.4) is 0 Å². The van der Waals surface area contributed by atoms with Gasteiger partial charge >= 0.3 is 5.97 Å². The molecule has 0 aliphatic heterocycles. The largest absolute Gasteiger partial charge is 0.469 e. The molecule has 0 radical (unpaired) electrons. The molecule has 1 N–H and O–H groups in total. The molecule has 3 heteroatoms. The van der Waals surface area contributed by atoms with Crippen LogP contribution >= 0.6 is 0 Å². The van der Waals surface area contributed by atoms with Crippen LogP contribution in [0.15, 0.2) is 0 Å². The molecule has 15 heavy (non-hydrogen) atoms. The van der Waals surface area contributed by atoms with Crippen molar-refractivity contribution in [2.75, 3.05) is 14.2 Å². The molecule has 0 spiro atoms. The summed E-state index contributed by atoms with van der Waals surface area (Å²) in [4.78, 5) is 11.4. The normalized spacial score (nSPS) is 22.1. The maximum absolute atomic E-state index is 11.4. The average Bonchev–Trinajstić information content (AvgIpc) is 2.30. The number of ether oxygens (including phenoxy) is 1. The van der Waals surface area contributed by atoms with Crippen molar-refractivity contribution in [2.45, 2.75) is 51.0 Å². The Balaban J connectivity index is 2.60. The molecule has 0 aromatic heterocycles. The van der Waals surface area contributed by atoms with E-state index < -0.39 is 0 Å². The van der Waals surface area contributed by atoms with Crippen molar-refractivity contribution in [3.63, 3.8) is 0 Å². The second kappa shape index (κ2) is 5.50. The van der Waals surface area contributed by atoms with Crippen LogP contribution in [-0.2, 0) is 9.53 Å². The zero-order chi connectivity index (χ0) is 11.3. The van der Waals surface area contributed by atoms with Gasteiger partial charge in [-0.3, -0.25) is 4.79 Å². The zero-order valence-corrected chi connectivity index (χ0v) is 10.1. The summed E-state index contributed by atoms with van der Waals surface area (Å²) in [5.41, 5.74) is -0.0898. The molecular weight excluding hydrogens is 190 g/mol. The van der Waals surface area contributed by atoms with E-state index in [4.69, 9.17) is 4.74 Å². The Morgan fingerprint density at radius 1 is 1.40 bits per heavy atom. The van der Waals surface area contributed by atoms with Gasteiger partial charge in [0.25, 0.3) is 0 Å². The van der Waals surface area contributed by atoms with E-state index in [1.807, 2.05) is 7.05 Å². The van der Waals surface area contributed by atoms with E-state index in [0.717, 1.165) is 0 Å². The van der Waals surface area contributed by atoms with Gasteiger partial charge in [-0.2, -0.15) is 0 Å². The van der Waals surface area contributed by atoms with Crippen LogP contribution < -0.4 is 5.32 Å². The monoisotopic (exact) mass is 213 g/mol. The minimum Gasteiger partial charge on any atom is -0.469 e. The molecule has 0 saturated heterocycles. The molecular formula is C12H23NO2. The standard InChI is InChI=1S/C12H23NO2/c1-12(13-2,9-11(14)15-3)10-7-5-4-6-8-10/h10,13H,4-9H2,1-3H3. The highest BCUT2D eigenvalue weighted by molar-refractivity contribution is 5.70. The van der Waals surface area contributed by atoms with Crippen LogP contribution in [0.4, 0.5) is 0 Å². The average molecular weight is 213 g/mol. The second-order valence-corrected chi connectivity index (χ2v) is 4.76. The fraction of sp³-hybridized carbons (Fsp3) is 0.917. The lowest BCUT2D eigenvalue weighted by Crippen LogP contribution is -2.49. The van der Waals surface area contributed by atoms with Crippen LogP contribution in [0.25, 0.3) is 0 Å². The van der Waals surface area contributed by atoms with Crippen molar-refractivity contribution in [1.29, 1.82) is 0 Å². The minimum atomic E-state index is -0.113. The van der Waals surface area contributed by atoms with Gasteiger partial charge in [-0.1, -0.05) is 19.3 Å². The van der Waals surface area contributed by atoms with Crippen molar-refractivity contribution in [2.24, 2.45) is 5.92 Å². The maximum atomic E-state index is 11.4. The molecule has 1 aliphatic carbocycles. The van der Waals surface area contributed by atoms with Gasteiger partial charge < -0.3 is 10.1 Å². The minimum absolute atomic E-state index is 0.0898. The molecule has 3 nitrogen and oxygen atoms in total. The quantitative estimate of drug-likeness (QED) is 0.727. The number of hydrogen-bond acceptors (Lipinski definition) is 3. The number of hydrogen-bond donors (Lipinski definition) is 1. The maximum Gasteiger partial charge on any atom is 0.307 e. The molecule has 0 heterocycles. The lowest BCUT2D eigenvalue weighted by Gasteiger charge is -2.39. The van der Waals surface area contributed by atoms with Gasteiger partial charge in [0.1, 0.15) is 0 Å². The Morgan fingerprint density at radius 2 is 2.00 bits per heavy atom. The summed E-state index contributed by atoms with van der Waals surface area (Å²) in [5, 5.41) is 3.31. The summed E-state index contributed by atoms with van der Waals surface area (Å²) in [7, 11) is 3.40. The van der Waals surface area contributed by atoms with Gasteiger partial charge in [0.15, 0.2) is 0 Å². The Kier molecular flexibility index (Phi) is 4.58. The number of esters is 1. The first-order valence-electron chi connectivity index (χ1n) is 5.88. The Bertz CT molecular complexity index is 212. The number of nitrogens with one attached hydrogen (secondary N) is 1. The molecule has 0 amide bonds. The van der Waals surface area contributed by atoms with E-state index in [1.165, 1.54) is 39.2 Å². The number of rotatable bonds is 4. The van der Waals surface area contributed by atoms with E-state index in [2.05, 4.69) is 12.2 Å². The van der Waals surface area contributed by atoms with Gasteiger partial charge in [-0.05, 0) is 32.7 Å². The molecule has 0 bridgehead atoms. The van der Waals surface area contributed by atoms with Crippen LogP contribution in [0.2, 0.25) is 0 Å². The summed E-state index contributed by atoms with van der Waals surface area (Å²) >= 11 is 0. The van der Waals surface area contributed by atoms with E-state index in [-0.39, 0.29) is 11.5 Å². The fourth-order valence-electron chi connectivity index (χ4n) is 2.55. The number of carbonyl (C=O) groups is 1. The molecule has 0 aromatic carbocycles. The van der Waals surface area contributed by atoms with E-state index in [9.17, 15) is 4.79 Å². The first-order valence-corrected chi connectivity index (χ1v) is 5.88. The van der Waals surface area contributed by atoms with Crippen LogP contribution in [0, 0.1) is 5.92 Å². The molecule has 0 aromatic rings. The lowest BCUT2D eigenvalue weighted by atomic mass is 9.74. The highest BCUT2D eigenvalue weighted by atomic mass is 16.5. The van der Waals surface area contributed by atoms with Crippen molar-refractivity contribution in [3.05, 3.63) is 0 Å². The van der Waals surface area contributed by atoms with Crippen molar-refractivity contribution in [3.8, 4) is 0 Å². The first kappa shape index (κ1) is 12.5. The van der Waals surface area contributed by atoms with Crippen LogP contribution in [-0.4, -0.2) is 25.7 Å². The molecule has 88 valence electrons. The van der Waals surface area contributed by atoms with Crippen molar-refractivity contribution < 1.29 is 9.53 Å². The van der Waals surface area contributed by atoms with E-state index >= 15 is 0 Å². The second-order valence-electron chi connectivity index (χ2n) is 4.76. The van der Waals surface area contributed by atoms with Gasteiger partial charge in [-0.15, -0.1) is 0 Å². The summed E-state index contributed by atoms with van der Waals surface area (Å²) in [5.74, 6) is 0.493. The van der Waals surface area contributed by atoms with Crippen LogP contribution in [0.1, 0.15) is 45.4 Å². The lowest BCUT2D eigenvalue weighted by molar-refractivity contribution is -0.142. The van der Waals surface area contributed by atoms with E-state index in [1.54, 1.807) is 0 Å². The van der Waals surface area contributed by atoms with Crippen LogP contribution in [0.5, 0.6) is 0 Å². The third-order valence-corrected chi connectivity index (χ3v) is 3.82. The van der Waals surface area contributed by atoms with Crippen molar-refractivity contribution in [1.82, 2.24) is 5.32 Å². The van der Waals surface area contributed by atoms with Gasteiger partial charge in [0.2, 0.25) is 0 Å². The topological polar surface area (TPSA) is 38.3 Å². The Labute approximate surface area is 92.6 Å². The third kappa shape index (κ3) is 3.20. The number of methoxy groups -OCH3 is 1. The zero-order valence-electron chi connectivity index (χ0n) is 10.1. The fourth-order valence-corrected chi connectivity index (χ4v) is 2.55. The summed E-state index contributed by atoms with van der Waals surface area (Å²) < 4.78 is 4.76. The predicted molar refractivity (Wildman–Crippen MR) is 60.7 cm³/mol. The highest BCUT2D eigenvalue weighted by Gasteiger charge is 2.35. The van der Waals surface area contributed by atoms with Gasteiger partial charge in [-0.25, -0.2) is 0 Å². The molecule has 1 fully saturated rings. The number of carbonyl (C=O) groups excluding carboxylic acids is 1. The van der Waals surface area contributed by atoms with Crippen molar-refractivity contribution >= 4 is 5.97 Å². The van der Waals surface area contributed by atoms with Gasteiger partial charge in [0.05, 0.1) is 13.5 Å². The summed E-state index contributed by atoms with van der Waals surface area (Å²) in [6, 6.07) is 0. The highest BCUT2D eigenvalue weighted by Crippen LogP contribution is 2.34. The molecule has 1 aliphatic rings. The first-order chi connectivity index (χ1) is 7.12. The molecule has 1 unspecified atom stereocenters. The smallest absolute Gasteiger partial charge is 0.307 e. The van der Waals surface area contributed by atoms with Gasteiger partial charge in [0, 0.05) is 5.54 Å². The Hall–Kier alpha value is -0.570. The SMILES string of the molecule is CNC(C)(CC(=O)OC)C1CCCCC1. The summed E-state index contributed by atoms with van der Waals surface area (Å²) in [6.45, 7) is 2.14. The summed E-state index contributed by atoms with van der Waals surface area (Å²) in [6.07, 6.45) is 6.87. The van der Waals surface area contributed by atoms with E-state index in [0.29, 0.717) is 12.3 Å². The Morgan fingerprint density at radius 3 is 2.47 bits per heavy atom.